The number of ether oxygens (including phenoxy) is 2. The second-order valence-electron chi connectivity index (χ2n) is 6.24. The summed E-state index contributed by atoms with van der Waals surface area (Å²) in [6, 6.07) is -0.0557. The third kappa shape index (κ3) is 5.91. The predicted molar refractivity (Wildman–Crippen MR) is 86.4 cm³/mol. The first-order chi connectivity index (χ1) is 10.6. The first-order valence-corrected chi connectivity index (χ1v) is 8.18. The first kappa shape index (κ1) is 17.8. The van der Waals surface area contributed by atoms with Crippen molar-refractivity contribution < 1.29 is 14.6 Å². The average Bonchev–Trinajstić information content (AvgIpc) is 2.60. The molecule has 2 aliphatic rings. The van der Waals surface area contributed by atoms with E-state index in [1.165, 1.54) is 0 Å². The summed E-state index contributed by atoms with van der Waals surface area (Å²) in [5.41, 5.74) is 0. The van der Waals surface area contributed by atoms with Gasteiger partial charge < -0.3 is 25.2 Å². The van der Waals surface area contributed by atoms with E-state index in [4.69, 9.17) is 9.47 Å². The highest BCUT2D eigenvalue weighted by atomic mass is 16.7. The summed E-state index contributed by atoms with van der Waals surface area (Å²) in [5.74, 6) is -0.635. The molecule has 2 heterocycles. The fourth-order valence-corrected chi connectivity index (χ4v) is 2.66. The molecule has 128 valence electrons. The minimum Gasteiger partial charge on any atom is -0.389 e. The summed E-state index contributed by atoms with van der Waals surface area (Å²) >= 11 is 0. The molecule has 22 heavy (non-hydrogen) atoms. The van der Waals surface area contributed by atoms with Crippen LogP contribution in [-0.2, 0) is 9.47 Å². The monoisotopic (exact) mass is 314 g/mol. The van der Waals surface area contributed by atoms with E-state index in [0.29, 0.717) is 13.2 Å². The van der Waals surface area contributed by atoms with Crippen molar-refractivity contribution in [3.63, 3.8) is 0 Å². The SMILES string of the molecule is CC1(C)OCC(O)C(N2CCN=CCNCCNCC2)CO1. The minimum atomic E-state index is -0.635. The molecule has 0 radical (unpaired) electrons. The van der Waals surface area contributed by atoms with Gasteiger partial charge in [0.25, 0.3) is 0 Å². The molecule has 1 fully saturated rings. The summed E-state index contributed by atoms with van der Waals surface area (Å²) in [4.78, 5) is 6.68. The Labute approximate surface area is 133 Å². The lowest BCUT2D eigenvalue weighted by Gasteiger charge is -2.33. The van der Waals surface area contributed by atoms with Gasteiger partial charge in [-0.3, -0.25) is 9.89 Å². The van der Waals surface area contributed by atoms with E-state index in [1.54, 1.807) is 0 Å². The molecule has 3 N–H and O–H groups in total. The molecule has 2 atom stereocenters. The van der Waals surface area contributed by atoms with E-state index in [0.717, 1.165) is 45.8 Å². The van der Waals surface area contributed by atoms with Gasteiger partial charge in [-0.15, -0.1) is 0 Å². The van der Waals surface area contributed by atoms with Crippen LogP contribution in [0.4, 0.5) is 0 Å². The van der Waals surface area contributed by atoms with Crippen molar-refractivity contribution in [3.8, 4) is 0 Å². The number of nitrogens with one attached hydrogen (secondary N) is 2. The van der Waals surface area contributed by atoms with Crippen LogP contribution >= 0.6 is 0 Å². The maximum atomic E-state index is 10.4. The Morgan fingerprint density at radius 1 is 1.14 bits per heavy atom. The van der Waals surface area contributed by atoms with Gasteiger partial charge in [0.1, 0.15) is 0 Å². The number of rotatable bonds is 1. The quantitative estimate of drug-likeness (QED) is 0.580. The van der Waals surface area contributed by atoms with Crippen LogP contribution in [0.25, 0.3) is 0 Å². The van der Waals surface area contributed by atoms with E-state index in [1.807, 2.05) is 20.1 Å². The topological polar surface area (TPSA) is 78.4 Å². The molecule has 0 aromatic heterocycles. The molecule has 1 saturated heterocycles. The fourth-order valence-electron chi connectivity index (χ4n) is 2.66. The highest BCUT2D eigenvalue weighted by Crippen LogP contribution is 2.20. The van der Waals surface area contributed by atoms with Crippen molar-refractivity contribution in [2.75, 3.05) is 59.0 Å². The van der Waals surface area contributed by atoms with Crippen LogP contribution in [0.1, 0.15) is 13.8 Å². The Kier molecular flexibility index (Phi) is 7.20. The number of hydrogen-bond donors (Lipinski definition) is 3. The molecule has 0 spiro atoms. The largest absolute Gasteiger partial charge is 0.389 e. The zero-order chi connectivity index (χ0) is 15.8. The molecule has 0 aliphatic carbocycles. The molecule has 0 saturated carbocycles. The van der Waals surface area contributed by atoms with Crippen molar-refractivity contribution in [2.45, 2.75) is 31.8 Å². The molecule has 2 aliphatic heterocycles. The molecule has 0 aromatic carbocycles. The van der Waals surface area contributed by atoms with Crippen LogP contribution < -0.4 is 10.6 Å². The molecular formula is C15H30N4O3. The van der Waals surface area contributed by atoms with Gasteiger partial charge in [0, 0.05) is 45.5 Å². The van der Waals surface area contributed by atoms with Crippen LogP contribution in [0.5, 0.6) is 0 Å². The van der Waals surface area contributed by atoms with Crippen molar-refractivity contribution in [3.05, 3.63) is 0 Å². The van der Waals surface area contributed by atoms with Crippen LogP contribution in [0.3, 0.4) is 0 Å². The molecule has 7 heteroatoms. The van der Waals surface area contributed by atoms with Crippen LogP contribution in [0, 0.1) is 0 Å². The average molecular weight is 314 g/mol. The lowest BCUT2D eigenvalue weighted by atomic mass is 10.1. The van der Waals surface area contributed by atoms with Gasteiger partial charge in [0.05, 0.1) is 31.9 Å². The van der Waals surface area contributed by atoms with E-state index in [-0.39, 0.29) is 6.04 Å². The van der Waals surface area contributed by atoms with Gasteiger partial charge in [-0.1, -0.05) is 0 Å². The summed E-state index contributed by atoms with van der Waals surface area (Å²) in [6.07, 6.45) is 1.38. The summed E-state index contributed by atoms with van der Waals surface area (Å²) in [6.45, 7) is 10.5. The van der Waals surface area contributed by atoms with Gasteiger partial charge in [0.15, 0.2) is 5.79 Å². The zero-order valence-corrected chi connectivity index (χ0v) is 13.8. The summed E-state index contributed by atoms with van der Waals surface area (Å²) in [7, 11) is 0. The minimum absolute atomic E-state index is 0.0557. The Hall–Kier alpha value is -0.570. The fraction of sp³-hybridized carbons (Fsp3) is 0.933. The number of nitrogens with zero attached hydrogens (tertiary/aromatic N) is 2. The molecule has 7 nitrogen and oxygen atoms in total. The standard InChI is InChI=1S/C15H30N4O3/c1-15(2)21-11-13(14(20)12-22-15)19-9-7-17-5-3-16-4-6-18-8-10-19/h5,13-14,16,18,20H,3-4,6-12H2,1-2H3. The smallest absolute Gasteiger partial charge is 0.162 e. The molecular weight excluding hydrogens is 284 g/mol. The summed E-state index contributed by atoms with van der Waals surface area (Å²) < 4.78 is 11.4. The van der Waals surface area contributed by atoms with Gasteiger partial charge >= 0.3 is 0 Å². The third-order valence-electron chi connectivity index (χ3n) is 4.05. The molecule has 0 amide bonds. The van der Waals surface area contributed by atoms with E-state index in [2.05, 4.69) is 20.5 Å². The van der Waals surface area contributed by atoms with Crippen LogP contribution in [-0.4, -0.2) is 93.2 Å². The van der Waals surface area contributed by atoms with Crippen molar-refractivity contribution in [2.24, 2.45) is 4.99 Å². The van der Waals surface area contributed by atoms with Crippen LogP contribution in [0.2, 0.25) is 0 Å². The van der Waals surface area contributed by atoms with Crippen molar-refractivity contribution >= 4 is 6.21 Å². The lowest BCUT2D eigenvalue weighted by Crippen LogP contribution is -2.50. The normalized spacial score (nSPS) is 32.7. The molecule has 0 aromatic rings. The van der Waals surface area contributed by atoms with Gasteiger partial charge in [-0.25, -0.2) is 0 Å². The van der Waals surface area contributed by atoms with Crippen molar-refractivity contribution in [1.82, 2.24) is 15.5 Å². The Balaban J connectivity index is 1.96. The number of hydrogen-bond acceptors (Lipinski definition) is 7. The Morgan fingerprint density at radius 2 is 1.91 bits per heavy atom. The van der Waals surface area contributed by atoms with Crippen LogP contribution in [0.15, 0.2) is 4.99 Å². The lowest BCUT2D eigenvalue weighted by molar-refractivity contribution is -0.204. The summed E-state index contributed by atoms with van der Waals surface area (Å²) in [5, 5.41) is 17.1. The molecule has 0 bridgehead atoms. The maximum absolute atomic E-state index is 10.4. The molecule has 2 rings (SSSR count). The van der Waals surface area contributed by atoms with Gasteiger partial charge in [0.2, 0.25) is 0 Å². The van der Waals surface area contributed by atoms with Gasteiger partial charge in [-0.05, 0) is 13.8 Å². The Bertz CT molecular complexity index is 352. The maximum Gasteiger partial charge on any atom is 0.162 e. The zero-order valence-electron chi connectivity index (χ0n) is 13.8. The van der Waals surface area contributed by atoms with Gasteiger partial charge in [-0.2, -0.15) is 0 Å². The molecule has 2 unspecified atom stereocenters. The Morgan fingerprint density at radius 3 is 2.77 bits per heavy atom. The van der Waals surface area contributed by atoms with Crippen molar-refractivity contribution in [1.29, 1.82) is 0 Å². The predicted octanol–water partition coefficient (Wildman–Crippen LogP) is -0.936. The third-order valence-corrected chi connectivity index (χ3v) is 4.05. The first-order valence-electron chi connectivity index (χ1n) is 8.18. The second-order valence-corrected chi connectivity index (χ2v) is 6.24. The van der Waals surface area contributed by atoms with E-state index in [9.17, 15) is 5.11 Å². The van der Waals surface area contributed by atoms with E-state index >= 15 is 0 Å². The number of aliphatic hydroxyl groups is 1. The second kappa shape index (κ2) is 8.90. The highest BCUT2D eigenvalue weighted by Gasteiger charge is 2.34. The number of aliphatic imine (C=N–C) groups is 1. The highest BCUT2D eigenvalue weighted by molar-refractivity contribution is 5.59. The van der Waals surface area contributed by atoms with E-state index < -0.39 is 11.9 Å². The number of aliphatic hydroxyl groups excluding tert-OH is 1.